The van der Waals surface area contributed by atoms with Crippen molar-refractivity contribution in [2.75, 3.05) is 18.0 Å². The molecule has 0 aromatic heterocycles. The minimum Gasteiger partial charge on any atom is -0.367 e. The number of hydrogen-bond donors (Lipinski definition) is 1. The van der Waals surface area contributed by atoms with Crippen LogP contribution in [-0.4, -0.2) is 19.0 Å². The summed E-state index contributed by atoms with van der Waals surface area (Å²) < 4.78 is 0. The fraction of sp³-hybridized carbons (Fsp3) is 0.350. The first-order chi connectivity index (χ1) is 11.3. The van der Waals surface area contributed by atoms with Crippen molar-refractivity contribution in [1.29, 1.82) is 0 Å². The van der Waals surface area contributed by atoms with Gasteiger partial charge in [-0.3, -0.25) is 4.79 Å². The molecule has 1 N–H and O–H groups in total. The van der Waals surface area contributed by atoms with Crippen molar-refractivity contribution in [3.63, 3.8) is 0 Å². The van der Waals surface area contributed by atoms with Gasteiger partial charge in [0.05, 0.1) is 0 Å². The predicted octanol–water partition coefficient (Wildman–Crippen LogP) is 3.78. The summed E-state index contributed by atoms with van der Waals surface area (Å²) in [5, 5.41) is 2.91. The number of hydrogen-bond acceptors (Lipinski definition) is 2. The number of carbonyl (C=O) groups excluding carboxylic acids is 1. The Labute approximate surface area is 138 Å². The molecule has 0 unspecified atom stereocenters. The molecule has 0 spiro atoms. The Hall–Kier alpha value is -2.29. The van der Waals surface area contributed by atoms with Gasteiger partial charge in [0, 0.05) is 30.9 Å². The van der Waals surface area contributed by atoms with E-state index in [4.69, 9.17) is 0 Å². The zero-order chi connectivity index (χ0) is 16.1. The molecule has 0 fully saturated rings. The van der Waals surface area contributed by atoms with Crippen molar-refractivity contribution in [2.45, 2.75) is 32.7 Å². The van der Waals surface area contributed by atoms with Crippen molar-refractivity contribution in [3.05, 3.63) is 65.2 Å². The maximum Gasteiger partial charge on any atom is 0.251 e. The lowest BCUT2D eigenvalue weighted by Crippen LogP contribution is -2.28. The second-order valence-electron chi connectivity index (χ2n) is 6.11. The predicted molar refractivity (Wildman–Crippen MR) is 94.9 cm³/mol. The van der Waals surface area contributed by atoms with Crippen molar-refractivity contribution >= 4 is 11.6 Å². The lowest BCUT2D eigenvalue weighted by molar-refractivity contribution is 0.0953. The second kappa shape index (κ2) is 7.32. The number of para-hydroxylation sites is 1. The highest BCUT2D eigenvalue weighted by Crippen LogP contribution is 2.28. The summed E-state index contributed by atoms with van der Waals surface area (Å²) in [6.07, 6.45) is 3.33. The quantitative estimate of drug-likeness (QED) is 0.911. The first-order valence-corrected chi connectivity index (χ1v) is 8.48. The summed E-state index contributed by atoms with van der Waals surface area (Å²) in [7, 11) is 0. The number of anilines is 1. The normalized spacial score (nSPS) is 13.5. The molecule has 23 heavy (non-hydrogen) atoms. The lowest BCUT2D eigenvalue weighted by Gasteiger charge is -2.31. The fourth-order valence-corrected chi connectivity index (χ4v) is 3.10. The number of rotatable bonds is 5. The van der Waals surface area contributed by atoms with Crippen LogP contribution in [0.1, 0.15) is 41.3 Å². The van der Waals surface area contributed by atoms with Gasteiger partial charge in [-0.1, -0.05) is 37.3 Å². The number of nitrogens with one attached hydrogen (secondary N) is 1. The Kier molecular flexibility index (Phi) is 4.96. The highest BCUT2D eigenvalue weighted by atomic mass is 16.1. The largest absolute Gasteiger partial charge is 0.367 e. The molecular weight excluding hydrogens is 284 g/mol. The topological polar surface area (TPSA) is 32.3 Å². The van der Waals surface area contributed by atoms with Gasteiger partial charge in [-0.2, -0.15) is 0 Å². The Morgan fingerprint density at radius 1 is 1.13 bits per heavy atom. The molecule has 0 aliphatic carbocycles. The van der Waals surface area contributed by atoms with Crippen molar-refractivity contribution < 1.29 is 4.79 Å². The van der Waals surface area contributed by atoms with E-state index in [9.17, 15) is 4.79 Å². The van der Waals surface area contributed by atoms with E-state index < -0.39 is 0 Å². The van der Waals surface area contributed by atoms with Crippen LogP contribution in [0.5, 0.6) is 0 Å². The maximum atomic E-state index is 11.9. The number of amides is 1. The number of nitrogens with zero attached hydrogens (tertiary/aromatic N) is 1. The fourth-order valence-electron chi connectivity index (χ4n) is 3.10. The van der Waals surface area contributed by atoms with Crippen LogP contribution in [-0.2, 0) is 13.0 Å². The van der Waals surface area contributed by atoms with Gasteiger partial charge in [-0.05, 0) is 48.6 Å². The zero-order valence-electron chi connectivity index (χ0n) is 13.7. The third-order valence-corrected chi connectivity index (χ3v) is 4.33. The summed E-state index contributed by atoms with van der Waals surface area (Å²) in [5.41, 5.74) is 4.77. The molecule has 1 amide bonds. The van der Waals surface area contributed by atoms with Crippen LogP contribution in [0.4, 0.5) is 5.69 Å². The molecule has 1 aliphatic rings. The summed E-state index contributed by atoms with van der Waals surface area (Å²) in [6, 6.07) is 16.6. The van der Waals surface area contributed by atoms with Gasteiger partial charge in [0.2, 0.25) is 0 Å². The van der Waals surface area contributed by atoms with Crippen LogP contribution >= 0.6 is 0 Å². The summed E-state index contributed by atoms with van der Waals surface area (Å²) in [6.45, 7) is 4.77. The molecule has 1 heterocycles. The average Bonchev–Trinajstić information content (AvgIpc) is 2.60. The Morgan fingerprint density at radius 2 is 1.91 bits per heavy atom. The minimum atomic E-state index is 0.0155. The molecule has 0 saturated heterocycles. The molecule has 0 atom stereocenters. The van der Waals surface area contributed by atoms with Gasteiger partial charge in [0.15, 0.2) is 0 Å². The molecule has 0 saturated carbocycles. The Balaban J connectivity index is 1.69. The van der Waals surface area contributed by atoms with Crippen LogP contribution in [0.2, 0.25) is 0 Å². The first kappa shape index (κ1) is 15.6. The lowest BCUT2D eigenvalue weighted by atomic mass is 10.0. The van der Waals surface area contributed by atoms with Crippen molar-refractivity contribution in [3.8, 4) is 0 Å². The highest BCUT2D eigenvalue weighted by molar-refractivity contribution is 5.94. The van der Waals surface area contributed by atoms with E-state index in [0.29, 0.717) is 0 Å². The van der Waals surface area contributed by atoms with Gasteiger partial charge < -0.3 is 10.2 Å². The van der Waals surface area contributed by atoms with Crippen LogP contribution in [0.3, 0.4) is 0 Å². The second-order valence-corrected chi connectivity index (χ2v) is 6.11. The molecule has 2 aromatic rings. The van der Waals surface area contributed by atoms with Crippen LogP contribution in [0, 0.1) is 0 Å². The molecule has 1 aliphatic heterocycles. The summed E-state index contributed by atoms with van der Waals surface area (Å²) in [5.74, 6) is 0.0155. The SMILES string of the molecule is CCCNC(=O)c1ccc(CN2CCCc3ccccc32)cc1. The van der Waals surface area contributed by atoms with E-state index in [0.717, 1.165) is 31.6 Å². The molecular formula is C20H24N2O. The van der Waals surface area contributed by atoms with E-state index >= 15 is 0 Å². The highest BCUT2D eigenvalue weighted by Gasteiger charge is 2.16. The van der Waals surface area contributed by atoms with Gasteiger partial charge >= 0.3 is 0 Å². The number of fused-ring (bicyclic) bond motifs is 1. The molecule has 0 radical (unpaired) electrons. The van der Waals surface area contributed by atoms with E-state index in [1.165, 1.54) is 29.7 Å². The van der Waals surface area contributed by atoms with Gasteiger partial charge in [0.1, 0.15) is 0 Å². The Bertz CT molecular complexity index is 664. The van der Waals surface area contributed by atoms with Gasteiger partial charge in [0.25, 0.3) is 5.91 Å². The summed E-state index contributed by atoms with van der Waals surface area (Å²) >= 11 is 0. The van der Waals surface area contributed by atoms with E-state index in [1.807, 2.05) is 12.1 Å². The molecule has 3 nitrogen and oxygen atoms in total. The minimum absolute atomic E-state index is 0.0155. The van der Waals surface area contributed by atoms with Crippen LogP contribution in [0.15, 0.2) is 48.5 Å². The monoisotopic (exact) mass is 308 g/mol. The van der Waals surface area contributed by atoms with Gasteiger partial charge in [-0.15, -0.1) is 0 Å². The number of aryl methyl sites for hydroxylation is 1. The molecule has 3 rings (SSSR count). The van der Waals surface area contributed by atoms with Crippen LogP contribution in [0.25, 0.3) is 0 Å². The molecule has 120 valence electrons. The standard InChI is InChI=1S/C20H24N2O/c1-2-13-21-20(23)18-11-9-16(10-12-18)15-22-14-5-7-17-6-3-4-8-19(17)22/h3-4,6,8-12H,2,5,7,13-15H2,1H3,(H,21,23). The summed E-state index contributed by atoms with van der Waals surface area (Å²) in [4.78, 5) is 14.4. The van der Waals surface area contributed by atoms with Crippen molar-refractivity contribution in [1.82, 2.24) is 5.32 Å². The van der Waals surface area contributed by atoms with E-state index in [-0.39, 0.29) is 5.91 Å². The zero-order valence-corrected chi connectivity index (χ0v) is 13.7. The number of benzene rings is 2. The third kappa shape index (κ3) is 3.73. The molecule has 0 bridgehead atoms. The van der Waals surface area contributed by atoms with Crippen LogP contribution < -0.4 is 10.2 Å². The van der Waals surface area contributed by atoms with Gasteiger partial charge in [-0.25, -0.2) is 0 Å². The Morgan fingerprint density at radius 3 is 2.70 bits per heavy atom. The molecule has 2 aromatic carbocycles. The maximum absolute atomic E-state index is 11.9. The third-order valence-electron chi connectivity index (χ3n) is 4.33. The first-order valence-electron chi connectivity index (χ1n) is 8.48. The van der Waals surface area contributed by atoms with E-state index in [1.54, 1.807) is 0 Å². The molecule has 3 heteroatoms. The van der Waals surface area contributed by atoms with Crippen molar-refractivity contribution in [2.24, 2.45) is 0 Å². The number of carbonyl (C=O) groups is 1. The smallest absolute Gasteiger partial charge is 0.251 e. The van der Waals surface area contributed by atoms with E-state index in [2.05, 4.69) is 53.5 Å². The average molecular weight is 308 g/mol.